The van der Waals surface area contributed by atoms with Gasteiger partial charge in [-0.25, -0.2) is 4.85 Å². The molecule has 1 saturated heterocycles. The van der Waals surface area contributed by atoms with E-state index in [4.69, 9.17) is 23.9 Å². The van der Waals surface area contributed by atoms with Gasteiger partial charge in [-0.1, -0.05) is 12.1 Å². The first-order valence-corrected chi connectivity index (χ1v) is 8.21. The Morgan fingerprint density at radius 1 is 1.33 bits per heavy atom. The second kappa shape index (κ2) is 9.01. The Morgan fingerprint density at radius 3 is 2.62 bits per heavy atom. The molecule has 6 nitrogen and oxygen atoms in total. The van der Waals surface area contributed by atoms with Crippen molar-refractivity contribution < 1.29 is 10.1 Å². The molecule has 1 aromatic heterocycles. The minimum Gasteiger partial charge on any atom is -0.742 e. The third-order valence-corrected chi connectivity index (χ3v) is 3.84. The highest BCUT2D eigenvalue weighted by molar-refractivity contribution is 7.58. The number of rotatable bonds is 2. The van der Waals surface area contributed by atoms with E-state index in [-0.39, 0.29) is 16.5 Å². The van der Waals surface area contributed by atoms with Crippen LogP contribution in [0.25, 0.3) is 16.1 Å². The van der Waals surface area contributed by atoms with Crippen LogP contribution in [-0.2, 0) is 12.6 Å². The summed E-state index contributed by atoms with van der Waals surface area (Å²) >= 11 is 4.85. The first-order chi connectivity index (χ1) is 11.7. The normalized spacial score (nSPS) is 13.3. The first kappa shape index (κ1) is 17.9. The number of hydrogen-bond donors (Lipinski definition) is 2. The van der Waals surface area contributed by atoms with Crippen LogP contribution in [0.15, 0.2) is 34.2 Å². The zero-order chi connectivity index (χ0) is 17.4. The van der Waals surface area contributed by atoms with Crippen LogP contribution < -0.4 is 15.6 Å². The van der Waals surface area contributed by atoms with Crippen molar-refractivity contribution in [3.8, 4) is 17.0 Å². The average Bonchev–Trinajstić information content (AvgIpc) is 2.63. The van der Waals surface area contributed by atoms with Crippen molar-refractivity contribution in [2.24, 2.45) is 0 Å². The van der Waals surface area contributed by atoms with Gasteiger partial charge >= 0.3 is 0 Å². The maximum absolute atomic E-state index is 11.6. The van der Waals surface area contributed by atoms with E-state index < -0.39 is 5.56 Å². The molecular weight excluding hydrogens is 324 g/mol. The number of quaternary nitrogens is 1. The lowest BCUT2D eigenvalue weighted by Crippen LogP contribution is -2.85. The predicted octanol–water partition coefficient (Wildman–Crippen LogP) is 1.64. The van der Waals surface area contributed by atoms with E-state index in [0.717, 1.165) is 0 Å². The molecular formula is C17H20N4O2S. The maximum atomic E-state index is 11.6. The number of methoxy groups -OCH3 is 1. The number of hydrogen-bond acceptors (Lipinski definition) is 4. The van der Waals surface area contributed by atoms with Crippen LogP contribution in [0, 0.1) is 6.57 Å². The summed E-state index contributed by atoms with van der Waals surface area (Å²) in [5, 5.41) is 2.45. The molecule has 126 valence electrons. The third-order valence-electron chi connectivity index (χ3n) is 3.64. The molecule has 3 N–H and O–H groups in total. The lowest BCUT2D eigenvalue weighted by Gasteiger charge is -2.10. The summed E-state index contributed by atoms with van der Waals surface area (Å²) in [6.07, 6.45) is 4.36. The van der Waals surface area contributed by atoms with Gasteiger partial charge in [0, 0.05) is 0 Å². The molecule has 1 aliphatic heterocycles. The van der Waals surface area contributed by atoms with Crippen molar-refractivity contribution in [3.05, 3.63) is 46.0 Å². The molecule has 2 heterocycles. The van der Waals surface area contributed by atoms with Gasteiger partial charge in [0.25, 0.3) is 11.2 Å². The van der Waals surface area contributed by atoms with Gasteiger partial charge in [-0.2, -0.15) is 0 Å². The molecule has 0 spiro atoms. The largest absolute Gasteiger partial charge is 0.742 e. The second-order valence-electron chi connectivity index (χ2n) is 5.34. The van der Waals surface area contributed by atoms with E-state index in [0.29, 0.717) is 11.3 Å². The monoisotopic (exact) mass is 344 g/mol. The summed E-state index contributed by atoms with van der Waals surface area (Å²) in [5.74, 6) is 0.622. The number of nitrogens with zero attached hydrogens (tertiary/aromatic N) is 2. The number of benzene rings is 1. The maximum Gasteiger partial charge on any atom is 0.275 e. The Balaban J connectivity index is 0.000000292. The topological polar surface area (TPSA) is 76.0 Å². The van der Waals surface area contributed by atoms with E-state index in [1.54, 1.807) is 31.4 Å². The van der Waals surface area contributed by atoms with Crippen molar-refractivity contribution in [3.63, 3.8) is 0 Å². The molecule has 1 aliphatic rings. The molecule has 1 aromatic carbocycles. The first-order valence-electron chi connectivity index (χ1n) is 7.80. The van der Waals surface area contributed by atoms with Gasteiger partial charge in [-0.15, -0.1) is 0 Å². The molecule has 0 aliphatic carbocycles. The summed E-state index contributed by atoms with van der Waals surface area (Å²) in [7, 11) is 1.54. The van der Waals surface area contributed by atoms with Gasteiger partial charge in [0.2, 0.25) is 0 Å². The lowest BCUT2D eigenvalue weighted by atomic mass is 10.1. The summed E-state index contributed by atoms with van der Waals surface area (Å²) in [6.45, 7) is 9.79. The molecule has 1 fully saturated rings. The highest BCUT2D eigenvalue weighted by Crippen LogP contribution is 2.27. The number of aromatic amines is 1. The summed E-state index contributed by atoms with van der Waals surface area (Å²) in [4.78, 5) is 21.2. The summed E-state index contributed by atoms with van der Waals surface area (Å²) in [5.41, 5.74) is 0.301. The summed E-state index contributed by atoms with van der Waals surface area (Å²) in [6, 6.07) is 6.97. The Kier molecular flexibility index (Phi) is 6.73. The Bertz CT molecular complexity index is 767. The fourth-order valence-electron chi connectivity index (χ4n) is 2.42. The SMILES string of the molecule is C1CC[NH2+]CC1.[C-]#[N+]c1c(-c2cccc(OC)c2)nc([S-])[nH]c1=O. The van der Waals surface area contributed by atoms with Crippen molar-refractivity contribution >= 4 is 18.3 Å². The fourth-order valence-corrected chi connectivity index (χ4v) is 2.60. The molecule has 0 radical (unpaired) electrons. The van der Waals surface area contributed by atoms with Gasteiger partial charge in [-0.3, -0.25) is 9.78 Å². The van der Waals surface area contributed by atoms with Crippen LogP contribution in [0.2, 0.25) is 0 Å². The average molecular weight is 344 g/mol. The van der Waals surface area contributed by atoms with E-state index >= 15 is 0 Å². The van der Waals surface area contributed by atoms with Crippen LogP contribution in [-0.4, -0.2) is 30.2 Å². The number of H-pyrrole nitrogens is 1. The van der Waals surface area contributed by atoms with Crippen LogP contribution in [0.1, 0.15) is 19.3 Å². The number of nitrogens with two attached hydrogens (primary N) is 1. The van der Waals surface area contributed by atoms with Crippen molar-refractivity contribution in [1.82, 2.24) is 9.97 Å². The highest BCUT2D eigenvalue weighted by Gasteiger charge is 2.11. The number of piperidine rings is 1. The molecule has 0 atom stereocenters. The number of ether oxygens (including phenoxy) is 1. The molecule has 2 aromatic rings. The van der Waals surface area contributed by atoms with Gasteiger partial charge in [0.15, 0.2) is 0 Å². The van der Waals surface area contributed by atoms with E-state index in [1.807, 2.05) is 0 Å². The van der Waals surface area contributed by atoms with Crippen molar-refractivity contribution in [2.75, 3.05) is 20.2 Å². The quantitative estimate of drug-likeness (QED) is 0.493. The molecule has 24 heavy (non-hydrogen) atoms. The zero-order valence-corrected chi connectivity index (χ0v) is 14.4. The molecule has 0 saturated carbocycles. The molecule has 0 amide bonds. The Morgan fingerprint density at radius 2 is 2.08 bits per heavy atom. The standard InChI is InChI=1S/C12H9N3O2S.C5H11N/c1-13-10-9(14-12(18)15-11(10)16)7-4-3-5-8(6-7)17-2;1-2-4-6-5-3-1/h3-6H,2H3,(H2,14,15,16,18);6H,1-5H2. The third kappa shape index (κ3) is 4.78. The zero-order valence-electron chi connectivity index (χ0n) is 13.5. The van der Waals surface area contributed by atoms with E-state index in [9.17, 15) is 4.79 Å². The number of nitrogens with one attached hydrogen (secondary N) is 1. The predicted molar refractivity (Wildman–Crippen MR) is 94.2 cm³/mol. The molecule has 3 rings (SSSR count). The van der Waals surface area contributed by atoms with Gasteiger partial charge < -0.3 is 27.7 Å². The Labute approximate surface area is 146 Å². The van der Waals surface area contributed by atoms with Crippen molar-refractivity contribution in [2.45, 2.75) is 24.4 Å². The van der Waals surface area contributed by atoms with Gasteiger partial charge in [-0.05, 0) is 42.1 Å². The van der Waals surface area contributed by atoms with Gasteiger partial charge in [0.1, 0.15) is 5.75 Å². The minimum absolute atomic E-state index is 0.0604. The highest BCUT2D eigenvalue weighted by atomic mass is 32.1. The van der Waals surface area contributed by atoms with Crippen molar-refractivity contribution in [1.29, 1.82) is 0 Å². The number of aromatic nitrogens is 2. The molecule has 0 bridgehead atoms. The molecule has 0 unspecified atom stereocenters. The molecule has 7 heteroatoms. The van der Waals surface area contributed by atoms with Crippen LogP contribution in [0.4, 0.5) is 5.69 Å². The second-order valence-corrected chi connectivity index (χ2v) is 5.73. The smallest absolute Gasteiger partial charge is 0.275 e. The summed E-state index contributed by atoms with van der Waals surface area (Å²) < 4.78 is 5.09. The van der Waals surface area contributed by atoms with E-state index in [1.165, 1.54) is 32.4 Å². The minimum atomic E-state index is -0.525. The van der Waals surface area contributed by atoms with Crippen LogP contribution in [0.5, 0.6) is 5.75 Å². The lowest BCUT2D eigenvalue weighted by molar-refractivity contribution is -0.662. The fraction of sp³-hybridized carbons (Fsp3) is 0.353. The Hall–Kier alpha value is -2.43. The van der Waals surface area contributed by atoms with Gasteiger partial charge in [0.05, 0.1) is 32.5 Å². The van der Waals surface area contributed by atoms with Crippen LogP contribution in [0.3, 0.4) is 0 Å². The van der Waals surface area contributed by atoms with Crippen LogP contribution >= 0.6 is 0 Å². The van der Waals surface area contributed by atoms with E-state index in [2.05, 4.69) is 20.1 Å².